The Balaban J connectivity index is 1.44. The highest BCUT2D eigenvalue weighted by molar-refractivity contribution is 6.17. The number of hydrogen-bond donors (Lipinski definition) is 4. The molecule has 4 aromatic rings. The lowest BCUT2D eigenvalue weighted by molar-refractivity contribution is -0.112. The number of aromatic nitrogens is 3. The number of hydrogen-bond acceptors (Lipinski definition) is 5. The van der Waals surface area contributed by atoms with E-state index in [9.17, 15) is 14.0 Å². The molecule has 3 aromatic heterocycles. The summed E-state index contributed by atoms with van der Waals surface area (Å²) in [5, 5.41) is 7.79. The molecule has 0 radical (unpaired) electrons. The first-order valence-electron chi connectivity index (χ1n) is 10.2. The molecule has 0 unspecified atom stereocenters. The molecule has 9 heteroatoms. The lowest BCUT2D eigenvalue weighted by Gasteiger charge is -2.07. The zero-order chi connectivity index (χ0) is 23.2. The zero-order valence-corrected chi connectivity index (χ0v) is 17.7. The molecule has 0 aliphatic heterocycles. The number of para-hydroxylation sites is 1. The lowest BCUT2D eigenvalue weighted by Crippen LogP contribution is -2.18. The van der Waals surface area contributed by atoms with E-state index in [0.717, 1.165) is 16.5 Å². The van der Waals surface area contributed by atoms with Gasteiger partial charge in [0, 0.05) is 23.3 Å². The van der Waals surface area contributed by atoms with Crippen molar-refractivity contribution in [3.8, 4) is 11.3 Å². The Bertz CT molecular complexity index is 1370. The number of carbonyl (C=O) groups excluding carboxylic acids is 1. The molecule has 0 aliphatic carbocycles. The number of rotatable bonds is 7. The van der Waals surface area contributed by atoms with E-state index in [0.29, 0.717) is 29.1 Å². The van der Waals surface area contributed by atoms with E-state index in [4.69, 9.17) is 0 Å². The van der Waals surface area contributed by atoms with Gasteiger partial charge in [0.15, 0.2) is 0 Å². The molecule has 0 atom stereocenters. The molecule has 4 N–H and O–H groups in total. The number of halogens is 1. The molecule has 0 fully saturated rings. The second-order valence-electron chi connectivity index (χ2n) is 7.18. The minimum absolute atomic E-state index is 0.271. The maximum atomic E-state index is 12.9. The molecule has 1 aromatic carbocycles. The number of hydrazone groups is 1. The van der Waals surface area contributed by atoms with E-state index in [1.807, 2.05) is 30.3 Å². The van der Waals surface area contributed by atoms with E-state index in [1.54, 1.807) is 25.1 Å². The number of fused-ring (bicyclic) bond motifs is 1. The van der Waals surface area contributed by atoms with Crippen LogP contribution in [0.5, 0.6) is 0 Å². The number of pyridine rings is 2. The summed E-state index contributed by atoms with van der Waals surface area (Å²) in [4.78, 5) is 34.5. The predicted octanol–water partition coefficient (Wildman–Crippen LogP) is 3.72. The van der Waals surface area contributed by atoms with Crippen LogP contribution in [0.3, 0.4) is 0 Å². The van der Waals surface area contributed by atoms with Crippen LogP contribution in [0.1, 0.15) is 12.5 Å². The van der Waals surface area contributed by atoms with E-state index < -0.39 is 5.95 Å². The Kier molecular flexibility index (Phi) is 6.40. The van der Waals surface area contributed by atoms with Crippen molar-refractivity contribution < 1.29 is 9.18 Å². The van der Waals surface area contributed by atoms with Gasteiger partial charge in [0.05, 0.1) is 35.3 Å². The Hall–Kier alpha value is -4.53. The largest absolute Gasteiger partial charge is 0.354 e. The molecular formula is C24H21FN6O2. The molecule has 1 amide bonds. The van der Waals surface area contributed by atoms with Crippen LogP contribution in [-0.2, 0) is 11.3 Å². The summed E-state index contributed by atoms with van der Waals surface area (Å²) in [6, 6.07) is 14.1. The lowest BCUT2D eigenvalue weighted by atomic mass is 10.1. The second-order valence-corrected chi connectivity index (χ2v) is 7.18. The number of aromatic amines is 2. The van der Waals surface area contributed by atoms with Gasteiger partial charge in [-0.15, -0.1) is 0 Å². The summed E-state index contributed by atoms with van der Waals surface area (Å²) < 4.78 is 12.9. The standard InChI is InChI=1S/C24H21FN6O2/c1-2-16(13-29-28-12-15-7-8-22(25)26-11-15)23(32)30-18-10-19(24(33)27-14-18)21-9-17-5-3-4-6-20(17)31-21/h2-11,13-14,28,31H,12H2,1H3,(H,27,33)(H,30,32)/b16-2+,29-13-. The fourth-order valence-electron chi connectivity index (χ4n) is 3.21. The smallest absolute Gasteiger partial charge is 0.257 e. The van der Waals surface area contributed by atoms with E-state index >= 15 is 0 Å². The maximum absolute atomic E-state index is 12.9. The number of benzene rings is 1. The number of allylic oxidation sites excluding steroid dienone is 1. The van der Waals surface area contributed by atoms with Crippen LogP contribution in [0.25, 0.3) is 22.2 Å². The number of nitrogens with one attached hydrogen (secondary N) is 4. The van der Waals surface area contributed by atoms with E-state index in [1.165, 1.54) is 24.7 Å². The van der Waals surface area contributed by atoms with Crippen LogP contribution in [-0.4, -0.2) is 27.1 Å². The SMILES string of the molecule is C/C=C(\C=N/NCc1ccc(F)nc1)C(=O)Nc1c[nH]c(=O)c(-c2cc3ccccc3[nH]2)c1. The van der Waals surface area contributed by atoms with Crippen LogP contribution < -0.4 is 16.3 Å². The van der Waals surface area contributed by atoms with Crippen LogP contribution in [0.4, 0.5) is 10.1 Å². The first kappa shape index (κ1) is 21.7. The van der Waals surface area contributed by atoms with E-state index in [2.05, 4.69) is 30.8 Å². The minimum Gasteiger partial charge on any atom is -0.354 e. The van der Waals surface area contributed by atoms with Crippen LogP contribution in [0, 0.1) is 5.95 Å². The van der Waals surface area contributed by atoms with Crippen molar-refractivity contribution in [3.05, 3.63) is 94.4 Å². The monoisotopic (exact) mass is 444 g/mol. The molecule has 33 heavy (non-hydrogen) atoms. The summed E-state index contributed by atoms with van der Waals surface area (Å²) in [6.45, 7) is 2.05. The number of amides is 1. The van der Waals surface area contributed by atoms with Crippen molar-refractivity contribution in [2.75, 3.05) is 5.32 Å². The van der Waals surface area contributed by atoms with Crippen molar-refractivity contribution in [3.63, 3.8) is 0 Å². The van der Waals surface area contributed by atoms with Gasteiger partial charge in [0.1, 0.15) is 0 Å². The van der Waals surface area contributed by atoms with Gasteiger partial charge in [-0.05, 0) is 36.8 Å². The van der Waals surface area contributed by atoms with Gasteiger partial charge in [0.25, 0.3) is 11.5 Å². The highest BCUT2D eigenvalue weighted by atomic mass is 19.1. The van der Waals surface area contributed by atoms with Gasteiger partial charge in [-0.25, -0.2) is 4.98 Å². The third-order valence-electron chi connectivity index (χ3n) is 4.92. The van der Waals surface area contributed by atoms with Crippen molar-refractivity contribution in [1.29, 1.82) is 0 Å². The second kappa shape index (κ2) is 9.73. The molecule has 0 aliphatic rings. The summed E-state index contributed by atoms with van der Waals surface area (Å²) in [6.07, 6.45) is 5.85. The van der Waals surface area contributed by atoms with Gasteiger partial charge in [0.2, 0.25) is 5.95 Å². The van der Waals surface area contributed by atoms with Crippen molar-refractivity contribution in [2.24, 2.45) is 5.10 Å². The van der Waals surface area contributed by atoms with Gasteiger partial charge in [-0.1, -0.05) is 30.3 Å². The molecule has 0 bridgehead atoms. The summed E-state index contributed by atoms with van der Waals surface area (Å²) >= 11 is 0. The van der Waals surface area contributed by atoms with Gasteiger partial charge < -0.3 is 20.7 Å². The molecule has 166 valence electrons. The summed E-state index contributed by atoms with van der Waals surface area (Å²) in [5.74, 6) is -0.939. The topological polar surface area (TPSA) is 115 Å². The van der Waals surface area contributed by atoms with Gasteiger partial charge in [-0.2, -0.15) is 9.49 Å². The number of carbonyl (C=O) groups is 1. The fraction of sp³-hybridized carbons (Fsp3) is 0.0833. The number of nitrogens with zero attached hydrogens (tertiary/aromatic N) is 2. The van der Waals surface area contributed by atoms with Gasteiger partial charge >= 0.3 is 0 Å². The first-order valence-corrected chi connectivity index (χ1v) is 10.2. The quantitative estimate of drug-likeness (QED) is 0.151. The predicted molar refractivity (Wildman–Crippen MR) is 126 cm³/mol. The summed E-state index contributed by atoms with van der Waals surface area (Å²) in [7, 11) is 0. The minimum atomic E-state index is -0.551. The third kappa shape index (κ3) is 5.21. The van der Waals surface area contributed by atoms with Crippen LogP contribution in [0.2, 0.25) is 0 Å². The Morgan fingerprint density at radius 3 is 2.82 bits per heavy atom. The molecule has 0 saturated heterocycles. The highest BCUT2D eigenvalue weighted by Crippen LogP contribution is 2.23. The molecular weight excluding hydrogens is 423 g/mol. The molecule has 0 spiro atoms. The average Bonchev–Trinajstić information content (AvgIpc) is 3.25. The van der Waals surface area contributed by atoms with Crippen molar-refractivity contribution >= 4 is 28.7 Å². The molecule has 3 heterocycles. The van der Waals surface area contributed by atoms with Crippen molar-refractivity contribution in [2.45, 2.75) is 13.5 Å². The van der Waals surface area contributed by atoms with Crippen LogP contribution in [0.15, 0.2) is 82.5 Å². The number of anilines is 1. The summed E-state index contributed by atoms with van der Waals surface area (Å²) in [5.41, 5.74) is 6.00. The molecule has 8 nitrogen and oxygen atoms in total. The van der Waals surface area contributed by atoms with Crippen LogP contribution >= 0.6 is 0 Å². The highest BCUT2D eigenvalue weighted by Gasteiger charge is 2.11. The number of H-pyrrole nitrogens is 2. The molecule has 0 saturated carbocycles. The average molecular weight is 444 g/mol. The Labute approximate surface area is 188 Å². The van der Waals surface area contributed by atoms with Crippen molar-refractivity contribution in [1.82, 2.24) is 20.4 Å². The maximum Gasteiger partial charge on any atom is 0.257 e. The zero-order valence-electron chi connectivity index (χ0n) is 17.7. The Morgan fingerprint density at radius 2 is 2.06 bits per heavy atom. The van der Waals surface area contributed by atoms with Gasteiger partial charge in [-0.3, -0.25) is 9.59 Å². The van der Waals surface area contributed by atoms with E-state index in [-0.39, 0.29) is 11.5 Å². The first-order chi connectivity index (χ1) is 16.0. The normalized spacial score (nSPS) is 11.8. The third-order valence-corrected chi connectivity index (χ3v) is 4.92. The molecule has 4 rings (SSSR count). The Morgan fingerprint density at radius 1 is 1.21 bits per heavy atom. The fourth-order valence-corrected chi connectivity index (χ4v) is 3.21.